The Morgan fingerprint density at radius 1 is 1.59 bits per heavy atom. The highest BCUT2D eigenvalue weighted by atomic mass is 16.6. The number of nitro benzene ring substituents is 1. The van der Waals surface area contributed by atoms with Crippen LogP contribution < -0.4 is 10.1 Å². The number of methoxy groups -OCH3 is 1. The first-order valence-corrected chi connectivity index (χ1v) is 5.33. The fraction of sp³-hybridized carbons (Fsp3) is 0.455. The van der Waals surface area contributed by atoms with E-state index in [1.807, 2.05) is 6.92 Å². The van der Waals surface area contributed by atoms with Crippen molar-refractivity contribution in [2.75, 3.05) is 19.0 Å². The molecule has 94 valence electrons. The van der Waals surface area contributed by atoms with Gasteiger partial charge in [-0.25, -0.2) is 0 Å². The summed E-state index contributed by atoms with van der Waals surface area (Å²) < 4.78 is 4.94. The van der Waals surface area contributed by atoms with Gasteiger partial charge in [0, 0.05) is 6.54 Å². The van der Waals surface area contributed by atoms with Gasteiger partial charge in [0.15, 0.2) is 5.75 Å². The molecular weight excluding hydrogens is 224 g/mol. The van der Waals surface area contributed by atoms with Crippen molar-refractivity contribution in [3.8, 4) is 5.75 Å². The average molecular weight is 240 g/mol. The van der Waals surface area contributed by atoms with E-state index in [0.29, 0.717) is 12.1 Å². The number of aliphatic hydroxyl groups is 1. The van der Waals surface area contributed by atoms with Gasteiger partial charge in [-0.05, 0) is 18.6 Å². The van der Waals surface area contributed by atoms with Crippen LogP contribution in [-0.4, -0.2) is 29.8 Å². The van der Waals surface area contributed by atoms with Gasteiger partial charge in [0.05, 0.1) is 18.1 Å². The maximum Gasteiger partial charge on any atom is 0.333 e. The monoisotopic (exact) mass is 240 g/mol. The average Bonchev–Trinajstić information content (AvgIpc) is 2.34. The van der Waals surface area contributed by atoms with Gasteiger partial charge in [-0.15, -0.1) is 0 Å². The third-order valence-electron chi connectivity index (χ3n) is 2.40. The zero-order valence-corrected chi connectivity index (χ0v) is 9.84. The lowest BCUT2D eigenvalue weighted by atomic mass is 10.2. The Balaban J connectivity index is 2.94. The molecule has 0 saturated carbocycles. The summed E-state index contributed by atoms with van der Waals surface area (Å²) in [4.78, 5) is 10.4. The quantitative estimate of drug-likeness (QED) is 0.585. The molecule has 0 heterocycles. The molecule has 6 heteroatoms. The first-order chi connectivity index (χ1) is 8.10. The maximum atomic E-state index is 10.9. The Hall–Kier alpha value is -1.82. The van der Waals surface area contributed by atoms with Crippen LogP contribution in [0.15, 0.2) is 18.2 Å². The van der Waals surface area contributed by atoms with Crippen LogP contribution in [0.2, 0.25) is 0 Å². The van der Waals surface area contributed by atoms with Crippen LogP contribution in [0.4, 0.5) is 11.4 Å². The van der Waals surface area contributed by atoms with Crippen molar-refractivity contribution in [3.05, 3.63) is 28.3 Å². The van der Waals surface area contributed by atoms with Crippen LogP contribution in [0.5, 0.6) is 5.75 Å². The van der Waals surface area contributed by atoms with Gasteiger partial charge in [0.25, 0.3) is 0 Å². The number of rotatable bonds is 6. The van der Waals surface area contributed by atoms with Gasteiger partial charge in [-0.3, -0.25) is 10.1 Å². The summed E-state index contributed by atoms with van der Waals surface area (Å²) in [5.74, 6) is 0.200. The number of nitrogens with zero attached hydrogens (tertiary/aromatic N) is 1. The van der Waals surface area contributed by atoms with Gasteiger partial charge < -0.3 is 15.2 Å². The molecule has 0 saturated heterocycles. The second kappa shape index (κ2) is 6.05. The number of aliphatic hydroxyl groups excluding tert-OH is 1. The fourth-order valence-electron chi connectivity index (χ4n) is 1.39. The first kappa shape index (κ1) is 13.2. The van der Waals surface area contributed by atoms with Crippen molar-refractivity contribution in [2.24, 2.45) is 0 Å². The summed E-state index contributed by atoms with van der Waals surface area (Å²) in [5.41, 5.74) is 0.236. The normalized spacial score (nSPS) is 11.9. The number of ether oxygens (including phenoxy) is 1. The minimum absolute atomic E-state index is 0.113. The number of nitrogens with one attached hydrogen (secondary N) is 1. The predicted octanol–water partition coefficient (Wildman–Crippen LogP) is 1.79. The summed E-state index contributed by atoms with van der Waals surface area (Å²) >= 11 is 0. The van der Waals surface area contributed by atoms with Gasteiger partial charge in [0.2, 0.25) is 0 Å². The topological polar surface area (TPSA) is 84.6 Å². The lowest BCUT2D eigenvalue weighted by Gasteiger charge is -2.12. The van der Waals surface area contributed by atoms with Gasteiger partial charge in [-0.1, -0.05) is 13.0 Å². The molecule has 1 aromatic carbocycles. The molecule has 0 amide bonds. The molecule has 1 unspecified atom stereocenters. The Bertz CT molecular complexity index is 395. The van der Waals surface area contributed by atoms with E-state index in [4.69, 9.17) is 4.74 Å². The smallest absolute Gasteiger partial charge is 0.333 e. The van der Waals surface area contributed by atoms with E-state index in [9.17, 15) is 15.2 Å². The summed E-state index contributed by atoms with van der Waals surface area (Å²) in [6.45, 7) is 2.11. The summed E-state index contributed by atoms with van der Waals surface area (Å²) in [7, 11) is 1.38. The Kier molecular flexibility index (Phi) is 4.71. The van der Waals surface area contributed by atoms with Crippen LogP contribution in [0.1, 0.15) is 13.3 Å². The third-order valence-corrected chi connectivity index (χ3v) is 2.40. The molecule has 1 atom stereocenters. The fourth-order valence-corrected chi connectivity index (χ4v) is 1.39. The zero-order chi connectivity index (χ0) is 12.8. The molecule has 17 heavy (non-hydrogen) atoms. The van der Waals surface area contributed by atoms with Crippen molar-refractivity contribution in [3.63, 3.8) is 0 Å². The number of benzene rings is 1. The number of hydrogen-bond acceptors (Lipinski definition) is 5. The van der Waals surface area contributed by atoms with E-state index in [1.165, 1.54) is 13.2 Å². The van der Waals surface area contributed by atoms with E-state index in [1.54, 1.807) is 12.1 Å². The molecule has 1 aromatic rings. The molecule has 2 N–H and O–H groups in total. The highest BCUT2D eigenvalue weighted by molar-refractivity contribution is 5.68. The Labute approximate surface area is 99.4 Å². The van der Waals surface area contributed by atoms with Crippen molar-refractivity contribution in [2.45, 2.75) is 19.4 Å². The van der Waals surface area contributed by atoms with Crippen LogP contribution in [0.3, 0.4) is 0 Å². The maximum absolute atomic E-state index is 10.9. The second-order valence-corrected chi connectivity index (χ2v) is 3.56. The number of hydrogen-bond donors (Lipinski definition) is 2. The molecule has 6 nitrogen and oxygen atoms in total. The summed E-state index contributed by atoms with van der Waals surface area (Å²) in [5, 5.41) is 23.2. The molecule has 0 radical (unpaired) electrons. The molecule has 0 aliphatic heterocycles. The second-order valence-electron chi connectivity index (χ2n) is 3.56. The van der Waals surface area contributed by atoms with Crippen LogP contribution in [0, 0.1) is 10.1 Å². The third kappa shape index (κ3) is 3.32. The summed E-state index contributed by atoms with van der Waals surface area (Å²) in [6.07, 6.45) is 0.0610. The molecular formula is C11H16N2O4. The minimum Gasteiger partial charge on any atom is -0.490 e. The number of nitro groups is 1. The van der Waals surface area contributed by atoms with E-state index in [2.05, 4.69) is 5.32 Å². The Morgan fingerprint density at radius 3 is 2.82 bits per heavy atom. The van der Waals surface area contributed by atoms with Crippen molar-refractivity contribution >= 4 is 11.4 Å². The largest absolute Gasteiger partial charge is 0.490 e. The molecule has 0 aliphatic carbocycles. The van der Waals surface area contributed by atoms with E-state index in [-0.39, 0.29) is 18.0 Å². The minimum atomic E-state index is -0.527. The highest BCUT2D eigenvalue weighted by Crippen LogP contribution is 2.34. The zero-order valence-electron chi connectivity index (χ0n) is 9.84. The molecule has 0 aliphatic rings. The first-order valence-electron chi connectivity index (χ1n) is 5.33. The van der Waals surface area contributed by atoms with Crippen LogP contribution in [-0.2, 0) is 0 Å². The lowest BCUT2D eigenvalue weighted by Crippen LogP contribution is -2.18. The lowest BCUT2D eigenvalue weighted by molar-refractivity contribution is -0.384. The van der Waals surface area contributed by atoms with Crippen LogP contribution >= 0.6 is 0 Å². The number of anilines is 1. The molecule has 1 rings (SSSR count). The molecule has 0 aromatic heterocycles. The van der Waals surface area contributed by atoms with Gasteiger partial charge >= 0.3 is 5.69 Å². The van der Waals surface area contributed by atoms with Gasteiger partial charge in [-0.2, -0.15) is 0 Å². The van der Waals surface area contributed by atoms with Crippen LogP contribution in [0.25, 0.3) is 0 Å². The van der Waals surface area contributed by atoms with Gasteiger partial charge in [0.1, 0.15) is 5.69 Å². The standard InChI is InChI=1S/C11H16N2O4/c1-3-8(14)7-12-9-5-4-6-10(17-2)11(9)13(15)16/h4-6,8,12,14H,3,7H2,1-2H3. The van der Waals surface area contributed by atoms with E-state index >= 15 is 0 Å². The van der Waals surface area contributed by atoms with Crippen molar-refractivity contribution in [1.29, 1.82) is 0 Å². The molecule has 0 fully saturated rings. The SMILES string of the molecule is CCC(O)CNc1cccc(OC)c1[N+](=O)[O-]. The van der Waals surface area contributed by atoms with E-state index in [0.717, 1.165) is 0 Å². The Morgan fingerprint density at radius 2 is 2.29 bits per heavy atom. The van der Waals surface area contributed by atoms with E-state index < -0.39 is 11.0 Å². The van der Waals surface area contributed by atoms with Crippen molar-refractivity contribution in [1.82, 2.24) is 0 Å². The predicted molar refractivity (Wildman–Crippen MR) is 64.4 cm³/mol. The number of para-hydroxylation sites is 1. The molecule has 0 spiro atoms. The molecule has 0 bridgehead atoms. The highest BCUT2D eigenvalue weighted by Gasteiger charge is 2.20. The van der Waals surface area contributed by atoms with Crippen molar-refractivity contribution < 1.29 is 14.8 Å². The summed E-state index contributed by atoms with van der Waals surface area (Å²) in [6, 6.07) is 4.77.